The van der Waals surface area contributed by atoms with Crippen LogP contribution in [0, 0.1) is 0 Å². The van der Waals surface area contributed by atoms with Crippen LogP contribution in [-0.4, -0.2) is 43.8 Å². The molecule has 0 spiro atoms. The monoisotopic (exact) mass is 361 g/mol. The van der Waals surface area contributed by atoms with Gasteiger partial charge >= 0.3 is 0 Å². The van der Waals surface area contributed by atoms with Gasteiger partial charge in [-0.05, 0) is 43.2 Å². The maximum atomic E-state index is 12.9. The predicted octanol–water partition coefficient (Wildman–Crippen LogP) is 2.13. The van der Waals surface area contributed by atoms with Crippen LogP contribution in [0.5, 0.6) is 5.75 Å². The summed E-state index contributed by atoms with van der Waals surface area (Å²) in [5.41, 5.74) is 0.773. The van der Waals surface area contributed by atoms with E-state index in [0.29, 0.717) is 18.8 Å². The number of nitrogens with one attached hydrogen (secondary N) is 1. The SMILES string of the molecule is COc1ccc(C(=O)Nc2cccnc2)cc1S(=O)(=O)N1CCCC1. The average molecular weight is 361 g/mol. The number of rotatable bonds is 5. The first-order chi connectivity index (χ1) is 12.0. The molecule has 8 heteroatoms. The molecular formula is C17H19N3O4S. The van der Waals surface area contributed by atoms with Crippen LogP contribution in [0.3, 0.4) is 0 Å². The second-order valence-corrected chi connectivity index (χ2v) is 7.58. The van der Waals surface area contributed by atoms with Crippen molar-refractivity contribution in [1.82, 2.24) is 9.29 Å². The number of sulfonamides is 1. The number of anilines is 1. The molecule has 1 N–H and O–H groups in total. The first-order valence-corrected chi connectivity index (χ1v) is 9.36. The zero-order chi connectivity index (χ0) is 17.9. The number of hydrogen-bond donors (Lipinski definition) is 1. The van der Waals surface area contributed by atoms with Gasteiger partial charge in [0.1, 0.15) is 10.6 Å². The van der Waals surface area contributed by atoms with Crippen LogP contribution in [0.25, 0.3) is 0 Å². The van der Waals surface area contributed by atoms with Crippen LogP contribution in [0.15, 0.2) is 47.6 Å². The van der Waals surface area contributed by atoms with E-state index in [1.165, 1.54) is 35.8 Å². The summed E-state index contributed by atoms with van der Waals surface area (Å²) in [7, 11) is -2.28. The molecular weight excluding hydrogens is 342 g/mol. The molecule has 0 atom stereocenters. The Morgan fingerprint density at radius 2 is 2.00 bits per heavy atom. The lowest BCUT2D eigenvalue weighted by Gasteiger charge is -2.18. The van der Waals surface area contributed by atoms with Gasteiger partial charge < -0.3 is 10.1 Å². The standard InChI is InChI=1S/C17H19N3O4S/c1-24-15-7-6-13(17(21)19-14-5-4-8-18-12-14)11-16(15)25(22,23)20-9-2-3-10-20/h4-8,11-12H,2-3,9-10H2,1H3,(H,19,21). The summed E-state index contributed by atoms with van der Waals surface area (Å²) >= 11 is 0. The molecule has 0 saturated carbocycles. The molecule has 0 aliphatic carbocycles. The molecule has 1 fully saturated rings. The van der Waals surface area contributed by atoms with Crippen molar-refractivity contribution in [2.24, 2.45) is 0 Å². The van der Waals surface area contributed by atoms with E-state index in [4.69, 9.17) is 4.74 Å². The number of nitrogens with zero attached hydrogens (tertiary/aromatic N) is 2. The average Bonchev–Trinajstić information content (AvgIpc) is 3.17. The molecule has 2 aromatic rings. The Labute approximate surface area is 146 Å². The third-order valence-corrected chi connectivity index (χ3v) is 5.95. The Balaban J connectivity index is 1.93. The third-order valence-electron chi connectivity index (χ3n) is 4.03. The van der Waals surface area contributed by atoms with E-state index in [2.05, 4.69) is 10.3 Å². The highest BCUT2D eigenvalue weighted by Gasteiger charge is 2.30. The zero-order valence-corrected chi connectivity index (χ0v) is 14.6. The number of pyridine rings is 1. The second-order valence-electron chi connectivity index (χ2n) is 5.67. The van der Waals surface area contributed by atoms with Crippen LogP contribution in [0.2, 0.25) is 0 Å². The van der Waals surface area contributed by atoms with E-state index < -0.39 is 15.9 Å². The minimum absolute atomic E-state index is 0.00994. The number of benzene rings is 1. The fourth-order valence-electron chi connectivity index (χ4n) is 2.73. The molecule has 1 aliphatic heterocycles. The highest BCUT2D eigenvalue weighted by molar-refractivity contribution is 7.89. The van der Waals surface area contributed by atoms with E-state index in [1.807, 2.05) is 0 Å². The van der Waals surface area contributed by atoms with Crippen LogP contribution in [0.1, 0.15) is 23.2 Å². The molecule has 25 heavy (non-hydrogen) atoms. The molecule has 3 rings (SSSR count). The number of hydrogen-bond acceptors (Lipinski definition) is 5. The summed E-state index contributed by atoms with van der Waals surface area (Å²) in [6.45, 7) is 0.967. The smallest absolute Gasteiger partial charge is 0.255 e. The van der Waals surface area contributed by atoms with Gasteiger partial charge in [-0.15, -0.1) is 0 Å². The summed E-state index contributed by atoms with van der Waals surface area (Å²) in [6, 6.07) is 7.80. The maximum Gasteiger partial charge on any atom is 0.255 e. The molecule has 132 valence electrons. The number of amides is 1. The van der Waals surface area contributed by atoms with Gasteiger partial charge in [0.2, 0.25) is 10.0 Å². The third kappa shape index (κ3) is 3.64. The Morgan fingerprint density at radius 1 is 1.24 bits per heavy atom. The quantitative estimate of drug-likeness (QED) is 0.881. The van der Waals surface area contributed by atoms with E-state index in [1.54, 1.807) is 18.3 Å². The minimum Gasteiger partial charge on any atom is -0.495 e. The molecule has 0 unspecified atom stereocenters. The van der Waals surface area contributed by atoms with Gasteiger partial charge in [0, 0.05) is 24.8 Å². The number of carbonyl (C=O) groups excluding carboxylic acids is 1. The molecule has 1 aliphatic rings. The summed E-state index contributed by atoms with van der Waals surface area (Å²) in [4.78, 5) is 16.4. The molecule has 0 bridgehead atoms. The Morgan fingerprint density at radius 3 is 2.64 bits per heavy atom. The summed E-state index contributed by atoms with van der Waals surface area (Å²) in [5.74, 6) is -0.182. The van der Waals surface area contributed by atoms with Crippen LogP contribution < -0.4 is 10.1 Å². The first-order valence-electron chi connectivity index (χ1n) is 7.92. The maximum absolute atomic E-state index is 12.9. The van der Waals surface area contributed by atoms with Gasteiger partial charge in [0.15, 0.2) is 0 Å². The number of ether oxygens (including phenoxy) is 1. The highest BCUT2D eigenvalue weighted by atomic mass is 32.2. The van der Waals surface area contributed by atoms with Gasteiger partial charge in [0.05, 0.1) is 19.0 Å². The number of aromatic nitrogens is 1. The molecule has 7 nitrogen and oxygen atoms in total. The van der Waals surface area contributed by atoms with Crippen molar-refractivity contribution in [3.8, 4) is 5.75 Å². The van der Waals surface area contributed by atoms with Gasteiger partial charge in [-0.25, -0.2) is 8.42 Å². The van der Waals surface area contributed by atoms with E-state index in [9.17, 15) is 13.2 Å². The van der Waals surface area contributed by atoms with Crippen molar-refractivity contribution in [3.05, 3.63) is 48.3 Å². The molecule has 1 aromatic carbocycles. The van der Waals surface area contributed by atoms with Crippen LogP contribution >= 0.6 is 0 Å². The number of methoxy groups -OCH3 is 1. The number of carbonyl (C=O) groups is 1. The lowest BCUT2D eigenvalue weighted by atomic mass is 10.2. The molecule has 1 aromatic heterocycles. The fraction of sp³-hybridized carbons (Fsp3) is 0.294. The van der Waals surface area contributed by atoms with E-state index in [0.717, 1.165) is 12.8 Å². The predicted molar refractivity (Wildman–Crippen MR) is 93.2 cm³/mol. The largest absolute Gasteiger partial charge is 0.495 e. The normalized spacial score (nSPS) is 15.1. The Bertz CT molecular complexity index is 863. The van der Waals surface area contributed by atoms with Gasteiger partial charge in [0.25, 0.3) is 5.91 Å². The molecule has 2 heterocycles. The lowest BCUT2D eigenvalue weighted by molar-refractivity contribution is 0.102. The van der Waals surface area contributed by atoms with Crippen LogP contribution in [-0.2, 0) is 10.0 Å². The lowest BCUT2D eigenvalue weighted by Crippen LogP contribution is -2.28. The van der Waals surface area contributed by atoms with Gasteiger partial charge in [-0.1, -0.05) is 0 Å². The molecule has 1 amide bonds. The first kappa shape index (κ1) is 17.4. The zero-order valence-electron chi connectivity index (χ0n) is 13.8. The minimum atomic E-state index is -3.69. The second kappa shape index (κ2) is 7.20. The fourth-order valence-corrected chi connectivity index (χ4v) is 4.43. The molecule has 0 radical (unpaired) electrons. The highest BCUT2D eigenvalue weighted by Crippen LogP contribution is 2.30. The Hall–Kier alpha value is -2.45. The van der Waals surface area contributed by atoms with Gasteiger partial charge in [-0.2, -0.15) is 4.31 Å². The van der Waals surface area contributed by atoms with Gasteiger partial charge in [-0.3, -0.25) is 9.78 Å². The topological polar surface area (TPSA) is 88.6 Å². The van der Waals surface area contributed by atoms with E-state index in [-0.39, 0.29) is 16.2 Å². The summed E-state index contributed by atoms with van der Waals surface area (Å²) < 4.78 is 32.3. The van der Waals surface area contributed by atoms with Crippen molar-refractivity contribution in [2.45, 2.75) is 17.7 Å². The van der Waals surface area contributed by atoms with Crippen molar-refractivity contribution in [3.63, 3.8) is 0 Å². The molecule has 1 saturated heterocycles. The summed E-state index contributed by atoms with van der Waals surface area (Å²) in [5, 5.41) is 2.69. The summed E-state index contributed by atoms with van der Waals surface area (Å²) in [6.07, 6.45) is 4.79. The van der Waals surface area contributed by atoms with Crippen LogP contribution in [0.4, 0.5) is 5.69 Å². The van der Waals surface area contributed by atoms with Crippen molar-refractivity contribution < 1.29 is 17.9 Å². The van der Waals surface area contributed by atoms with Crippen molar-refractivity contribution >= 4 is 21.6 Å². The van der Waals surface area contributed by atoms with E-state index >= 15 is 0 Å². The Kier molecular flexibility index (Phi) is 5.00. The van der Waals surface area contributed by atoms with Crippen molar-refractivity contribution in [2.75, 3.05) is 25.5 Å². The van der Waals surface area contributed by atoms with Crippen molar-refractivity contribution in [1.29, 1.82) is 0 Å².